The monoisotopic (exact) mass is 496 g/mol. The minimum absolute atomic E-state index is 0.0377. The molecule has 1 amide bonds. The Kier molecular flexibility index (Phi) is 5.92. The molecule has 4 aromatic rings. The van der Waals surface area contributed by atoms with Crippen molar-refractivity contribution in [3.8, 4) is 11.4 Å². The number of nitrogens with zero attached hydrogens (tertiary/aromatic N) is 3. The molecule has 9 nitrogen and oxygen atoms in total. The second-order valence-corrected chi connectivity index (χ2v) is 10.9. The zero-order valence-electron chi connectivity index (χ0n) is 18.4. The van der Waals surface area contributed by atoms with E-state index in [9.17, 15) is 13.2 Å². The second kappa shape index (κ2) is 8.90. The number of H-pyrrole nitrogens is 1. The Morgan fingerprint density at radius 2 is 1.94 bits per heavy atom. The van der Waals surface area contributed by atoms with Gasteiger partial charge >= 0.3 is 0 Å². The Labute approximate surface area is 201 Å². The van der Waals surface area contributed by atoms with Crippen molar-refractivity contribution in [2.24, 2.45) is 5.14 Å². The number of primary sulfonamides is 1. The molecular weight excluding hydrogens is 472 g/mol. The lowest BCUT2D eigenvalue weighted by atomic mass is 10.1. The molecule has 0 unspecified atom stereocenters. The maximum absolute atomic E-state index is 12.6. The predicted molar refractivity (Wildman–Crippen MR) is 131 cm³/mol. The van der Waals surface area contributed by atoms with Gasteiger partial charge < -0.3 is 10.3 Å². The lowest BCUT2D eigenvalue weighted by molar-refractivity contribution is -0.119. The van der Waals surface area contributed by atoms with E-state index >= 15 is 0 Å². The Bertz CT molecular complexity index is 1460. The maximum Gasteiger partial charge on any atom is 0.238 e. The van der Waals surface area contributed by atoms with E-state index in [1.807, 2.05) is 31.3 Å². The van der Waals surface area contributed by atoms with Crippen LogP contribution in [0.2, 0.25) is 0 Å². The van der Waals surface area contributed by atoms with Crippen LogP contribution in [0.3, 0.4) is 0 Å². The smallest absolute Gasteiger partial charge is 0.238 e. The number of nitrogens with two attached hydrogens (primary N) is 1. The summed E-state index contributed by atoms with van der Waals surface area (Å²) in [4.78, 5) is 15.9. The molecule has 2 aromatic carbocycles. The fourth-order valence-corrected chi connectivity index (χ4v) is 5.25. The maximum atomic E-state index is 12.6. The fraction of sp³-hybridized carbons (Fsp3) is 0.261. The number of benzene rings is 2. The van der Waals surface area contributed by atoms with Crippen LogP contribution >= 0.6 is 11.8 Å². The summed E-state index contributed by atoms with van der Waals surface area (Å²) in [5.41, 5.74) is 2.83. The van der Waals surface area contributed by atoms with E-state index in [1.165, 1.54) is 23.9 Å². The van der Waals surface area contributed by atoms with Crippen molar-refractivity contribution in [2.45, 2.75) is 41.9 Å². The summed E-state index contributed by atoms with van der Waals surface area (Å²) in [5.74, 6) is 0.858. The summed E-state index contributed by atoms with van der Waals surface area (Å²) in [6.07, 6.45) is 4.09. The zero-order valence-corrected chi connectivity index (χ0v) is 20.1. The number of sulfonamides is 1. The number of carbonyl (C=O) groups is 1. The minimum Gasteiger partial charge on any atom is -0.360 e. The molecule has 34 heavy (non-hydrogen) atoms. The van der Waals surface area contributed by atoms with Gasteiger partial charge in [-0.05, 0) is 43.5 Å². The SMILES string of the molecule is C[C@@H](NC(=O)CSc1nnc(-c2c[nH]c3ccccc23)n1C1CC1)c1ccc(S(N)(=O)=O)cc1. The van der Waals surface area contributed by atoms with Crippen LogP contribution in [-0.2, 0) is 14.8 Å². The Morgan fingerprint density at radius 1 is 1.21 bits per heavy atom. The quantitative estimate of drug-likeness (QED) is 0.320. The minimum atomic E-state index is -3.75. The molecule has 2 aromatic heterocycles. The number of fused-ring (bicyclic) bond motifs is 1. The summed E-state index contributed by atoms with van der Waals surface area (Å²) in [6.45, 7) is 1.84. The van der Waals surface area contributed by atoms with Gasteiger partial charge in [-0.1, -0.05) is 42.1 Å². The molecule has 0 aliphatic heterocycles. The first-order valence-corrected chi connectivity index (χ1v) is 13.4. The summed E-state index contributed by atoms with van der Waals surface area (Å²) in [5, 5.41) is 18.8. The highest BCUT2D eigenvalue weighted by molar-refractivity contribution is 7.99. The van der Waals surface area contributed by atoms with Crippen LogP contribution in [0.4, 0.5) is 0 Å². The van der Waals surface area contributed by atoms with Gasteiger partial charge in [0.1, 0.15) is 0 Å². The first kappa shape index (κ1) is 22.6. The predicted octanol–water partition coefficient (Wildman–Crippen LogP) is 3.38. The van der Waals surface area contributed by atoms with Gasteiger partial charge in [0.05, 0.1) is 16.7 Å². The average molecular weight is 497 g/mol. The topological polar surface area (TPSA) is 136 Å². The molecule has 1 saturated carbocycles. The Morgan fingerprint density at radius 3 is 2.65 bits per heavy atom. The van der Waals surface area contributed by atoms with Gasteiger partial charge in [-0.15, -0.1) is 10.2 Å². The van der Waals surface area contributed by atoms with Crippen molar-refractivity contribution in [2.75, 3.05) is 5.75 Å². The van der Waals surface area contributed by atoms with Crippen LogP contribution in [0.1, 0.15) is 37.4 Å². The van der Waals surface area contributed by atoms with E-state index in [4.69, 9.17) is 5.14 Å². The lowest BCUT2D eigenvalue weighted by Gasteiger charge is -2.15. The number of aromatic nitrogens is 4. The molecule has 5 rings (SSSR count). The van der Waals surface area contributed by atoms with Crippen molar-refractivity contribution in [3.05, 3.63) is 60.3 Å². The van der Waals surface area contributed by atoms with Crippen LogP contribution in [0.5, 0.6) is 0 Å². The van der Waals surface area contributed by atoms with Gasteiger partial charge in [0.2, 0.25) is 15.9 Å². The molecule has 0 bridgehead atoms. The number of amides is 1. The molecule has 1 fully saturated rings. The van der Waals surface area contributed by atoms with Gasteiger partial charge in [-0.25, -0.2) is 13.6 Å². The van der Waals surface area contributed by atoms with Gasteiger partial charge in [0.15, 0.2) is 11.0 Å². The van der Waals surface area contributed by atoms with E-state index in [2.05, 4.69) is 31.1 Å². The molecule has 0 spiro atoms. The standard InChI is InChI=1S/C23H24N6O3S2/c1-14(15-6-10-17(11-7-15)34(24,31)32)26-21(30)13-33-23-28-27-22(29(23)16-8-9-16)19-12-25-20-5-3-2-4-18(19)20/h2-7,10-12,14,16,25H,8-9,13H2,1H3,(H,26,30)(H2,24,31,32)/t14-/m1/s1. The summed E-state index contributed by atoms with van der Waals surface area (Å²) in [6, 6.07) is 14.3. The molecule has 176 valence electrons. The highest BCUT2D eigenvalue weighted by Crippen LogP contribution is 2.42. The van der Waals surface area contributed by atoms with Gasteiger partial charge in [-0.2, -0.15) is 0 Å². The molecule has 4 N–H and O–H groups in total. The first-order chi connectivity index (χ1) is 16.3. The van der Waals surface area contributed by atoms with Crippen LogP contribution in [0.15, 0.2) is 64.8 Å². The highest BCUT2D eigenvalue weighted by atomic mass is 32.2. The number of aromatic amines is 1. The first-order valence-electron chi connectivity index (χ1n) is 10.9. The molecule has 11 heteroatoms. The third-order valence-corrected chi connectivity index (χ3v) is 7.70. The average Bonchev–Trinajstić information content (AvgIpc) is 3.43. The zero-order chi connectivity index (χ0) is 23.9. The number of rotatable bonds is 8. The van der Waals surface area contributed by atoms with E-state index < -0.39 is 10.0 Å². The van der Waals surface area contributed by atoms with Crippen molar-refractivity contribution in [3.63, 3.8) is 0 Å². The molecule has 0 radical (unpaired) electrons. The van der Waals surface area contributed by atoms with E-state index in [1.54, 1.807) is 12.1 Å². The van der Waals surface area contributed by atoms with Crippen molar-refractivity contribution in [1.82, 2.24) is 25.1 Å². The van der Waals surface area contributed by atoms with E-state index in [0.29, 0.717) is 6.04 Å². The highest BCUT2D eigenvalue weighted by Gasteiger charge is 2.31. The molecule has 0 saturated heterocycles. The number of para-hydroxylation sites is 1. The third kappa shape index (κ3) is 4.59. The molecule has 1 aliphatic rings. The van der Waals surface area contributed by atoms with E-state index in [0.717, 1.165) is 45.9 Å². The molecule has 1 atom stereocenters. The van der Waals surface area contributed by atoms with Gasteiger partial charge in [0.25, 0.3) is 0 Å². The fourth-order valence-electron chi connectivity index (χ4n) is 3.92. The number of carbonyl (C=O) groups excluding carboxylic acids is 1. The normalized spacial score (nSPS) is 14.9. The van der Waals surface area contributed by atoms with Crippen molar-refractivity contribution < 1.29 is 13.2 Å². The lowest BCUT2D eigenvalue weighted by Crippen LogP contribution is -2.28. The van der Waals surface area contributed by atoms with Crippen LogP contribution in [0, 0.1) is 0 Å². The third-order valence-electron chi connectivity index (χ3n) is 5.83. The molecule has 1 aliphatic carbocycles. The van der Waals surface area contributed by atoms with Crippen molar-refractivity contribution in [1.29, 1.82) is 0 Å². The summed E-state index contributed by atoms with van der Waals surface area (Å²) in [7, 11) is -3.75. The summed E-state index contributed by atoms with van der Waals surface area (Å²) < 4.78 is 25.0. The Balaban J connectivity index is 1.28. The number of nitrogens with one attached hydrogen (secondary N) is 2. The molecule has 2 heterocycles. The number of hydrogen-bond donors (Lipinski definition) is 3. The summed E-state index contributed by atoms with van der Waals surface area (Å²) >= 11 is 1.36. The van der Waals surface area contributed by atoms with Gasteiger partial charge in [0, 0.05) is 28.7 Å². The Hall–Kier alpha value is -3.15. The van der Waals surface area contributed by atoms with Gasteiger partial charge in [-0.3, -0.25) is 9.36 Å². The molecular formula is C23H24N6O3S2. The van der Waals surface area contributed by atoms with Crippen LogP contribution in [-0.4, -0.2) is 39.8 Å². The second-order valence-electron chi connectivity index (χ2n) is 8.35. The van der Waals surface area contributed by atoms with Crippen LogP contribution in [0.25, 0.3) is 22.3 Å². The van der Waals surface area contributed by atoms with Crippen LogP contribution < -0.4 is 10.5 Å². The number of hydrogen-bond acceptors (Lipinski definition) is 6. The van der Waals surface area contributed by atoms with Crippen molar-refractivity contribution >= 4 is 38.6 Å². The van der Waals surface area contributed by atoms with E-state index in [-0.39, 0.29) is 22.6 Å². The number of thioether (sulfide) groups is 1. The largest absolute Gasteiger partial charge is 0.360 e.